The molecule has 0 radical (unpaired) electrons. The van der Waals surface area contributed by atoms with Gasteiger partial charge in [-0.1, -0.05) is 61.9 Å². The highest BCUT2D eigenvalue weighted by atomic mass is 16.6. The molecule has 5 aromatic rings. The fraction of sp³-hybridized carbons (Fsp3) is 0.139. The number of esters is 1. The second-order valence-electron chi connectivity index (χ2n) is 10.7. The van der Waals surface area contributed by atoms with Crippen LogP contribution in [-0.4, -0.2) is 5.97 Å². The van der Waals surface area contributed by atoms with Crippen molar-refractivity contribution < 1.29 is 14.3 Å². The number of benzene rings is 5. The van der Waals surface area contributed by atoms with Crippen LogP contribution in [0.25, 0.3) is 0 Å². The monoisotopic (exact) mass is 538 g/mol. The lowest BCUT2D eigenvalue weighted by Crippen LogP contribution is -2.33. The summed E-state index contributed by atoms with van der Waals surface area (Å²) in [5, 5.41) is 7.03. The molecule has 1 spiro atoms. The van der Waals surface area contributed by atoms with Gasteiger partial charge in [-0.25, -0.2) is 4.79 Å². The number of aryl methyl sites for hydroxylation is 2. The van der Waals surface area contributed by atoms with Crippen LogP contribution in [-0.2, 0) is 16.8 Å². The molecule has 0 aromatic heterocycles. The maximum atomic E-state index is 13.3. The third-order valence-corrected chi connectivity index (χ3v) is 7.89. The predicted octanol–water partition coefficient (Wildman–Crippen LogP) is 9.00. The highest BCUT2D eigenvalue weighted by Crippen LogP contribution is 2.57. The Labute approximate surface area is 239 Å². The molecule has 2 aliphatic heterocycles. The van der Waals surface area contributed by atoms with Crippen LogP contribution in [0.4, 0.5) is 22.7 Å². The summed E-state index contributed by atoms with van der Waals surface area (Å²) >= 11 is 0. The molecule has 0 saturated carbocycles. The molecule has 2 heterocycles. The summed E-state index contributed by atoms with van der Waals surface area (Å²) in [5.74, 6) is 0.974. The Morgan fingerprint density at radius 2 is 1.39 bits per heavy atom. The van der Waals surface area contributed by atoms with E-state index in [9.17, 15) is 4.79 Å². The van der Waals surface area contributed by atoms with Crippen LogP contribution in [0.1, 0.15) is 51.5 Å². The van der Waals surface area contributed by atoms with Crippen molar-refractivity contribution in [3.8, 4) is 11.5 Å². The number of carbonyl (C=O) groups is 1. The third kappa shape index (κ3) is 4.21. The number of anilines is 4. The maximum Gasteiger partial charge on any atom is 0.340 e. The Morgan fingerprint density at radius 1 is 0.683 bits per heavy atom. The van der Waals surface area contributed by atoms with E-state index in [-0.39, 0.29) is 5.97 Å². The Kier molecular flexibility index (Phi) is 6.01. The van der Waals surface area contributed by atoms with Gasteiger partial charge in [0.2, 0.25) is 0 Å². The molecule has 5 heteroatoms. The number of fused-ring (bicyclic) bond motifs is 6. The number of rotatable bonds is 6. The van der Waals surface area contributed by atoms with E-state index >= 15 is 0 Å². The average Bonchev–Trinajstić information content (AvgIpc) is 3.28. The van der Waals surface area contributed by atoms with Crippen LogP contribution in [0.2, 0.25) is 0 Å². The van der Waals surface area contributed by atoms with Crippen LogP contribution in [0, 0.1) is 6.92 Å². The minimum absolute atomic E-state index is 0.340. The highest BCUT2D eigenvalue weighted by Gasteiger charge is 2.53. The van der Waals surface area contributed by atoms with Crippen molar-refractivity contribution in [2.75, 3.05) is 10.6 Å². The lowest BCUT2D eigenvalue weighted by Gasteiger charge is -2.37. The second-order valence-corrected chi connectivity index (χ2v) is 10.7. The topological polar surface area (TPSA) is 59.6 Å². The van der Waals surface area contributed by atoms with Crippen LogP contribution < -0.4 is 15.4 Å². The number of hydrogen-bond donors (Lipinski definition) is 2. The first-order chi connectivity index (χ1) is 20.0. The number of hydrogen-bond acceptors (Lipinski definition) is 5. The normalized spacial score (nSPS) is 16.3. The summed E-state index contributed by atoms with van der Waals surface area (Å²) in [6.45, 7) is 4.24. The molecular weight excluding hydrogens is 508 g/mol. The summed E-state index contributed by atoms with van der Waals surface area (Å²) in [4.78, 5) is 13.3. The zero-order valence-corrected chi connectivity index (χ0v) is 23.0. The lowest BCUT2D eigenvalue weighted by molar-refractivity contribution is 0.0224. The van der Waals surface area contributed by atoms with E-state index in [0.717, 1.165) is 57.8 Å². The molecule has 0 bridgehead atoms. The molecule has 202 valence electrons. The largest absolute Gasteiger partial charge is 0.456 e. The summed E-state index contributed by atoms with van der Waals surface area (Å²) in [6.07, 6.45) is 2.18. The van der Waals surface area contributed by atoms with Crippen molar-refractivity contribution in [1.29, 1.82) is 0 Å². The molecule has 2 N–H and O–H groups in total. The van der Waals surface area contributed by atoms with E-state index in [1.165, 1.54) is 5.56 Å². The molecule has 7 rings (SSSR count). The van der Waals surface area contributed by atoms with Crippen molar-refractivity contribution in [1.82, 2.24) is 0 Å². The first-order valence-corrected chi connectivity index (χ1v) is 14.0. The van der Waals surface area contributed by atoms with Crippen molar-refractivity contribution >= 4 is 28.7 Å². The standard InChI is InChI=1S/C36H30N2O3/c1-3-9-24-14-16-26(17-15-24)38-32-22-31-33(20-23(32)2)40-34-21-27(37-25-10-5-4-6-11-25)18-19-30(34)36(31)29-13-8-7-12-28(29)35(39)41-36/h4-8,10-22,37-38H,3,9H2,1-2H3. The lowest BCUT2D eigenvalue weighted by atomic mass is 9.77. The van der Waals surface area contributed by atoms with Crippen molar-refractivity contribution in [2.24, 2.45) is 0 Å². The predicted molar refractivity (Wildman–Crippen MR) is 163 cm³/mol. The highest BCUT2D eigenvalue weighted by molar-refractivity contribution is 5.97. The van der Waals surface area contributed by atoms with Gasteiger partial charge in [-0.15, -0.1) is 0 Å². The molecule has 41 heavy (non-hydrogen) atoms. The SMILES string of the molecule is CCCc1ccc(Nc2cc3c(cc2C)Oc2cc(Nc4ccccc4)ccc2C32OC(=O)c3ccccc32)cc1. The van der Waals surface area contributed by atoms with E-state index in [0.29, 0.717) is 17.1 Å². The Hall–Kier alpha value is -5.03. The fourth-order valence-electron chi connectivity index (χ4n) is 5.92. The van der Waals surface area contributed by atoms with Gasteiger partial charge in [-0.2, -0.15) is 0 Å². The number of nitrogens with one attached hydrogen (secondary N) is 2. The molecule has 5 aromatic carbocycles. The van der Waals surface area contributed by atoms with E-state index < -0.39 is 5.60 Å². The zero-order valence-electron chi connectivity index (χ0n) is 23.0. The molecule has 5 nitrogen and oxygen atoms in total. The van der Waals surface area contributed by atoms with Crippen molar-refractivity contribution in [3.05, 3.63) is 143 Å². The van der Waals surface area contributed by atoms with Gasteiger partial charge in [0.25, 0.3) is 0 Å². The van der Waals surface area contributed by atoms with Crippen LogP contribution >= 0.6 is 0 Å². The Bertz CT molecular complexity index is 1780. The van der Waals surface area contributed by atoms with Gasteiger partial charge in [-0.3, -0.25) is 0 Å². The fourth-order valence-corrected chi connectivity index (χ4v) is 5.92. The molecule has 2 aliphatic rings. The van der Waals surface area contributed by atoms with Gasteiger partial charge in [0.15, 0.2) is 5.60 Å². The average molecular weight is 539 g/mol. The maximum absolute atomic E-state index is 13.3. The molecule has 0 amide bonds. The molecular formula is C36H30N2O3. The van der Waals surface area contributed by atoms with Crippen LogP contribution in [0.3, 0.4) is 0 Å². The summed E-state index contributed by atoms with van der Waals surface area (Å²) < 4.78 is 13.0. The van der Waals surface area contributed by atoms with Gasteiger partial charge in [0.1, 0.15) is 11.5 Å². The molecule has 0 fully saturated rings. The number of ether oxygens (including phenoxy) is 2. The quantitative estimate of drug-likeness (QED) is 0.211. The third-order valence-electron chi connectivity index (χ3n) is 7.89. The summed E-state index contributed by atoms with van der Waals surface area (Å²) in [5.41, 5.74) is 7.98. The van der Waals surface area contributed by atoms with Crippen LogP contribution in [0.15, 0.2) is 109 Å². The molecule has 1 atom stereocenters. The number of para-hydroxylation sites is 1. The van der Waals surface area contributed by atoms with E-state index in [1.54, 1.807) is 0 Å². The van der Waals surface area contributed by atoms with Gasteiger partial charge in [0.05, 0.1) is 5.56 Å². The second kappa shape index (κ2) is 9.86. The minimum Gasteiger partial charge on any atom is -0.456 e. The Balaban J connectivity index is 1.35. The summed E-state index contributed by atoms with van der Waals surface area (Å²) in [7, 11) is 0. The van der Waals surface area contributed by atoms with E-state index in [4.69, 9.17) is 9.47 Å². The van der Waals surface area contributed by atoms with Gasteiger partial charge in [-0.05, 0) is 79.1 Å². The minimum atomic E-state index is -1.13. The van der Waals surface area contributed by atoms with Crippen molar-refractivity contribution in [2.45, 2.75) is 32.3 Å². The van der Waals surface area contributed by atoms with Gasteiger partial charge < -0.3 is 20.1 Å². The smallest absolute Gasteiger partial charge is 0.340 e. The molecule has 1 unspecified atom stereocenters. The molecule has 0 aliphatic carbocycles. The van der Waals surface area contributed by atoms with Gasteiger partial charge in [0, 0.05) is 45.5 Å². The zero-order chi connectivity index (χ0) is 28.0. The van der Waals surface area contributed by atoms with E-state index in [1.807, 2.05) is 78.9 Å². The first kappa shape index (κ1) is 25.0. The van der Waals surface area contributed by atoms with E-state index in [2.05, 4.69) is 54.8 Å². The van der Waals surface area contributed by atoms with Gasteiger partial charge >= 0.3 is 5.97 Å². The van der Waals surface area contributed by atoms with Crippen molar-refractivity contribution in [3.63, 3.8) is 0 Å². The molecule has 0 saturated heterocycles. The van der Waals surface area contributed by atoms with Crippen LogP contribution in [0.5, 0.6) is 11.5 Å². The Morgan fingerprint density at radius 3 is 2.20 bits per heavy atom. The summed E-state index contributed by atoms with van der Waals surface area (Å²) in [6, 6.07) is 36.3. The number of carbonyl (C=O) groups excluding carboxylic acids is 1. The first-order valence-electron chi connectivity index (χ1n) is 14.0.